The summed E-state index contributed by atoms with van der Waals surface area (Å²) >= 11 is 0. The van der Waals surface area contributed by atoms with E-state index in [-0.39, 0.29) is 17.3 Å². The molecule has 42 heavy (non-hydrogen) atoms. The summed E-state index contributed by atoms with van der Waals surface area (Å²) in [5.41, 5.74) is 7.50. The summed E-state index contributed by atoms with van der Waals surface area (Å²) in [5, 5.41) is 0. The molecule has 6 rings (SSSR count). The fourth-order valence-electron chi connectivity index (χ4n) is 5.87. The number of ether oxygens (including phenoxy) is 2. The van der Waals surface area contributed by atoms with Gasteiger partial charge in [-0.25, -0.2) is 9.78 Å². The number of hydrogen-bond donors (Lipinski definition) is 1. The molecule has 1 aliphatic carbocycles. The van der Waals surface area contributed by atoms with Gasteiger partial charge < -0.3 is 28.7 Å². The molecule has 1 aromatic heterocycles. The van der Waals surface area contributed by atoms with E-state index in [1.54, 1.807) is 4.90 Å². The third-order valence-electron chi connectivity index (χ3n) is 8.75. The number of imidazole rings is 1. The van der Waals surface area contributed by atoms with Crippen LogP contribution in [0, 0.1) is 0 Å². The van der Waals surface area contributed by atoms with E-state index in [0.717, 1.165) is 64.4 Å². The van der Waals surface area contributed by atoms with E-state index in [2.05, 4.69) is 69.9 Å². The van der Waals surface area contributed by atoms with Crippen LogP contribution in [0.5, 0.6) is 5.75 Å². The van der Waals surface area contributed by atoms with Gasteiger partial charge in [-0.15, -0.1) is 0 Å². The van der Waals surface area contributed by atoms with Crippen LogP contribution in [0.25, 0.3) is 22.4 Å². The van der Waals surface area contributed by atoms with Crippen LogP contribution >= 0.6 is 0 Å². The number of carbonyl (C=O) groups excluding carboxylic acids is 1. The molecule has 3 heterocycles. The second-order valence-corrected chi connectivity index (χ2v) is 13.7. The Balaban J connectivity index is 1.26. The maximum absolute atomic E-state index is 12.8. The van der Waals surface area contributed by atoms with Gasteiger partial charge in [0, 0.05) is 23.4 Å². The van der Waals surface area contributed by atoms with Crippen LogP contribution in [0.3, 0.4) is 0 Å². The highest BCUT2D eigenvalue weighted by Gasteiger charge is 2.51. The number of benzene rings is 2. The summed E-state index contributed by atoms with van der Waals surface area (Å²) in [5.74, 6) is 1.63. The zero-order chi connectivity index (χ0) is 30.0. The number of aryl methyl sites for hydroxylation is 2. The molecule has 0 bridgehead atoms. The van der Waals surface area contributed by atoms with Gasteiger partial charge in [-0.05, 0) is 102 Å². The Morgan fingerprint density at radius 1 is 1.02 bits per heavy atom. The van der Waals surface area contributed by atoms with Crippen LogP contribution < -0.4 is 10.2 Å². The Hall–Kier alpha value is -3.30. The van der Waals surface area contributed by atoms with E-state index in [9.17, 15) is 4.79 Å². The maximum Gasteiger partial charge on any atom is 0.494 e. The average molecular weight is 572 g/mol. The van der Waals surface area contributed by atoms with Crippen molar-refractivity contribution >= 4 is 18.7 Å². The number of aromatic nitrogens is 2. The van der Waals surface area contributed by atoms with Gasteiger partial charge in [0.25, 0.3) is 0 Å². The molecule has 2 aliphatic heterocycles. The summed E-state index contributed by atoms with van der Waals surface area (Å²) < 4.78 is 24.5. The van der Waals surface area contributed by atoms with E-state index in [4.69, 9.17) is 23.8 Å². The first kappa shape index (κ1) is 28.8. The molecule has 1 saturated heterocycles. The third kappa shape index (κ3) is 5.22. The Labute approximate surface area is 249 Å². The molecular weight excluding hydrogens is 529 g/mol. The third-order valence-corrected chi connectivity index (χ3v) is 8.75. The standard InChI is InChI=1S/C33H42BN3O5/c1-9-14-37(30(38)40-31(2,3)4)18-28-35-26-13-10-20-16-25-23-12-11-22(34-41-32(5,6)33(7,8)42-34)15-21(23)19-39-27(25)17-24(20)29(26)36-28/h11-12,15-17H,9-10,13-14,18-19H2,1-8H3,(H,35,36). The minimum absolute atomic E-state index is 0.318. The van der Waals surface area contributed by atoms with Gasteiger partial charge in [-0.1, -0.05) is 25.1 Å². The fourth-order valence-corrected chi connectivity index (χ4v) is 5.87. The van der Waals surface area contributed by atoms with Crippen molar-refractivity contribution in [1.29, 1.82) is 0 Å². The fraction of sp³-hybridized carbons (Fsp3) is 0.515. The quantitative estimate of drug-likeness (QED) is 0.368. The lowest BCUT2D eigenvalue weighted by Crippen LogP contribution is -2.41. The lowest BCUT2D eigenvalue weighted by molar-refractivity contribution is 0.00578. The van der Waals surface area contributed by atoms with Gasteiger partial charge in [0.2, 0.25) is 0 Å². The Kier molecular flexibility index (Phi) is 6.97. The van der Waals surface area contributed by atoms with Crippen LogP contribution in [-0.2, 0) is 40.0 Å². The number of H-pyrrole nitrogens is 1. The van der Waals surface area contributed by atoms with Gasteiger partial charge in [-0.3, -0.25) is 0 Å². The van der Waals surface area contributed by atoms with E-state index in [1.165, 1.54) is 11.1 Å². The lowest BCUT2D eigenvalue weighted by Gasteiger charge is -2.32. The number of rotatable bonds is 5. The molecule has 9 heteroatoms. The predicted molar refractivity (Wildman–Crippen MR) is 164 cm³/mol. The second kappa shape index (κ2) is 10.2. The first-order valence-corrected chi connectivity index (χ1v) is 15.1. The zero-order valence-electron chi connectivity index (χ0n) is 26.1. The number of carbonyl (C=O) groups is 1. The van der Waals surface area contributed by atoms with Crippen LogP contribution in [0.2, 0.25) is 0 Å². The minimum atomic E-state index is -0.546. The molecule has 1 fully saturated rings. The van der Waals surface area contributed by atoms with Crippen molar-refractivity contribution in [3.63, 3.8) is 0 Å². The van der Waals surface area contributed by atoms with E-state index in [0.29, 0.717) is 19.7 Å². The Morgan fingerprint density at radius 3 is 2.45 bits per heavy atom. The topological polar surface area (TPSA) is 85.9 Å². The van der Waals surface area contributed by atoms with Gasteiger partial charge in [0.1, 0.15) is 23.8 Å². The molecule has 0 unspecified atom stereocenters. The molecule has 1 N–H and O–H groups in total. The summed E-state index contributed by atoms with van der Waals surface area (Å²) in [4.78, 5) is 23.0. The number of fused-ring (bicyclic) bond motifs is 6. The van der Waals surface area contributed by atoms with E-state index in [1.807, 2.05) is 20.8 Å². The summed E-state index contributed by atoms with van der Waals surface area (Å²) in [7, 11) is -0.402. The molecule has 0 spiro atoms. The Morgan fingerprint density at radius 2 is 1.76 bits per heavy atom. The van der Waals surface area contributed by atoms with E-state index < -0.39 is 12.7 Å². The predicted octanol–water partition coefficient (Wildman–Crippen LogP) is 6.18. The maximum atomic E-state index is 12.8. The van der Waals surface area contributed by atoms with Crippen molar-refractivity contribution in [3.05, 3.63) is 53.0 Å². The highest BCUT2D eigenvalue weighted by atomic mass is 16.7. The zero-order valence-corrected chi connectivity index (χ0v) is 26.1. The van der Waals surface area contributed by atoms with Crippen molar-refractivity contribution in [1.82, 2.24) is 14.9 Å². The van der Waals surface area contributed by atoms with Crippen molar-refractivity contribution in [2.45, 2.75) is 105 Å². The van der Waals surface area contributed by atoms with Gasteiger partial charge in [-0.2, -0.15) is 0 Å². The molecule has 1 amide bonds. The van der Waals surface area contributed by atoms with Crippen LogP contribution in [0.15, 0.2) is 30.3 Å². The number of amides is 1. The second-order valence-electron chi connectivity index (χ2n) is 13.7. The van der Waals surface area contributed by atoms with Crippen LogP contribution in [-0.4, -0.2) is 51.4 Å². The number of nitrogens with zero attached hydrogens (tertiary/aromatic N) is 2. The first-order chi connectivity index (χ1) is 19.7. The Bertz CT molecular complexity index is 1520. The van der Waals surface area contributed by atoms with Crippen molar-refractivity contribution in [3.8, 4) is 28.1 Å². The van der Waals surface area contributed by atoms with Gasteiger partial charge in [0.05, 0.1) is 23.4 Å². The molecule has 2 aromatic carbocycles. The number of hydrogen-bond acceptors (Lipinski definition) is 6. The molecular formula is C33H42BN3O5. The van der Waals surface area contributed by atoms with Crippen molar-refractivity contribution in [2.75, 3.05) is 6.54 Å². The van der Waals surface area contributed by atoms with Crippen molar-refractivity contribution < 1.29 is 23.6 Å². The molecule has 0 atom stereocenters. The van der Waals surface area contributed by atoms with E-state index >= 15 is 0 Å². The largest absolute Gasteiger partial charge is 0.494 e. The van der Waals surface area contributed by atoms with Crippen LogP contribution in [0.4, 0.5) is 4.79 Å². The SMILES string of the molecule is CCCN(Cc1nc2c([nH]1)CCc1cc3c(cc1-2)OCc1cc(B2OC(C)(C)C(C)(C)O2)ccc1-3)C(=O)OC(C)(C)C. The molecule has 3 aliphatic rings. The highest BCUT2D eigenvalue weighted by molar-refractivity contribution is 6.62. The normalized spacial score (nSPS) is 18.0. The average Bonchev–Trinajstić information content (AvgIpc) is 3.42. The summed E-state index contributed by atoms with van der Waals surface area (Å²) in [6.45, 7) is 17.5. The van der Waals surface area contributed by atoms with Gasteiger partial charge in [0.15, 0.2) is 0 Å². The van der Waals surface area contributed by atoms with Crippen LogP contribution in [0.1, 0.15) is 84.5 Å². The molecule has 222 valence electrons. The monoisotopic (exact) mass is 571 g/mol. The lowest BCUT2D eigenvalue weighted by atomic mass is 9.76. The number of aromatic amines is 1. The molecule has 0 saturated carbocycles. The molecule has 3 aromatic rings. The molecule has 0 radical (unpaired) electrons. The van der Waals surface area contributed by atoms with Crippen molar-refractivity contribution in [2.24, 2.45) is 0 Å². The summed E-state index contributed by atoms with van der Waals surface area (Å²) in [6, 6.07) is 10.8. The minimum Gasteiger partial charge on any atom is -0.488 e. The molecule has 8 nitrogen and oxygen atoms in total. The summed E-state index contributed by atoms with van der Waals surface area (Å²) in [6.07, 6.45) is 2.29. The first-order valence-electron chi connectivity index (χ1n) is 15.1. The smallest absolute Gasteiger partial charge is 0.488 e. The number of nitrogens with one attached hydrogen (secondary N) is 1. The highest BCUT2D eigenvalue weighted by Crippen LogP contribution is 2.44. The van der Waals surface area contributed by atoms with Gasteiger partial charge >= 0.3 is 13.2 Å².